The summed E-state index contributed by atoms with van der Waals surface area (Å²) in [7, 11) is -2.68. The van der Waals surface area contributed by atoms with Crippen LogP contribution in [0.2, 0.25) is 0 Å². The Morgan fingerprint density at radius 2 is 1.47 bits per heavy atom. The highest BCUT2D eigenvalue weighted by Gasteiger charge is 2.48. The van der Waals surface area contributed by atoms with Crippen molar-refractivity contribution in [3.05, 3.63) is 0 Å². The van der Waals surface area contributed by atoms with Crippen LogP contribution < -0.4 is 5.32 Å². The molecule has 0 amide bonds. The highest BCUT2D eigenvalue weighted by Crippen LogP contribution is 2.17. The number of aliphatic hydroxyl groups excluding tert-OH is 1. The molecule has 0 aliphatic rings. The van der Waals surface area contributed by atoms with Crippen LogP contribution in [0.15, 0.2) is 0 Å². The molecule has 0 spiro atoms. The van der Waals surface area contributed by atoms with Gasteiger partial charge in [0.15, 0.2) is 0 Å². The van der Waals surface area contributed by atoms with Gasteiger partial charge in [-0.05, 0) is 27.2 Å². The molecule has 0 aliphatic heterocycles. The van der Waals surface area contributed by atoms with Crippen molar-refractivity contribution in [2.45, 2.75) is 39.8 Å². The van der Waals surface area contributed by atoms with E-state index in [4.69, 9.17) is 18.4 Å². The van der Waals surface area contributed by atoms with Crippen LogP contribution in [0.1, 0.15) is 34.1 Å². The van der Waals surface area contributed by atoms with Crippen molar-refractivity contribution in [2.24, 2.45) is 0 Å². The van der Waals surface area contributed by atoms with E-state index in [0.717, 1.165) is 6.42 Å². The first kappa shape index (κ1) is 17.0. The van der Waals surface area contributed by atoms with Crippen LogP contribution in [0, 0.1) is 0 Å². The molecule has 0 rings (SSSR count). The standard InChI is InChI=1S/C11H27NO4Si/c1-5-11(12-9-10-13)17(14-6-2,15-7-3)16-8-4/h11-13H,5-10H2,1-4H3. The zero-order valence-corrected chi connectivity index (χ0v) is 12.5. The SMILES string of the molecule is CCO[Si](OCC)(OCC)C(CC)NCCO. The molecule has 0 saturated carbocycles. The molecular weight excluding hydrogens is 238 g/mol. The van der Waals surface area contributed by atoms with Gasteiger partial charge in [-0.15, -0.1) is 0 Å². The van der Waals surface area contributed by atoms with Gasteiger partial charge in [0.2, 0.25) is 0 Å². The van der Waals surface area contributed by atoms with Gasteiger partial charge in [-0.3, -0.25) is 0 Å². The summed E-state index contributed by atoms with van der Waals surface area (Å²) < 4.78 is 17.4. The Labute approximate surface area is 106 Å². The van der Waals surface area contributed by atoms with E-state index in [2.05, 4.69) is 12.2 Å². The zero-order chi connectivity index (χ0) is 13.1. The number of aliphatic hydroxyl groups is 1. The highest BCUT2D eigenvalue weighted by atomic mass is 28.4. The number of hydrogen-bond acceptors (Lipinski definition) is 5. The van der Waals surface area contributed by atoms with E-state index in [1.54, 1.807) is 0 Å². The number of nitrogens with one attached hydrogen (secondary N) is 1. The van der Waals surface area contributed by atoms with Gasteiger partial charge >= 0.3 is 8.80 Å². The summed E-state index contributed by atoms with van der Waals surface area (Å²) >= 11 is 0. The summed E-state index contributed by atoms with van der Waals surface area (Å²) in [6.45, 7) is 10.2. The molecule has 0 heterocycles. The summed E-state index contributed by atoms with van der Waals surface area (Å²) in [5, 5.41) is 12.1. The monoisotopic (exact) mass is 265 g/mol. The second-order valence-electron chi connectivity index (χ2n) is 3.54. The average Bonchev–Trinajstić information content (AvgIpc) is 2.31. The average molecular weight is 265 g/mol. The summed E-state index contributed by atoms with van der Waals surface area (Å²) in [5.74, 6) is 0. The van der Waals surface area contributed by atoms with E-state index in [-0.39, 0.29) is 12.3 Å². The van der Waals surface area contributed by atoms with Crippen molar-refractivity contribution < 1.29 is 18.4 Å². The normalized spacial score (nSPS) is 13.9. The van der Waals surface area contributed by atoms with Crippen molar-refractivity contribution in [1.82, 2.24) is 5.32 Å². The summed E-state index contributed by atoms with van der Waals surface area (Å²) in [6, 6.07) is 0. The van der Waals surface area contributed by atoms with Crippen LogP contribution >= 0.6 is 0 Å². The molecule has 0 aromatic rings. The molecular formula is C11H27NO4Si. The summed E-state index contributed by atoms with van der Waals surface area (Å²) in [5.41, 5.74) is 0.0366. The van der Waals surface area contributed by atoms with E-state index in [1.165, 1.54) is 0 Å². The first-order valence-electron chi connectivity index (χ1n) is 6.46. The molecule has 104 valence electrons. The van der Waals surface area contributed by atoms with E-state index in [9.17, 15) is 0 Å². The zero-order valence-electron chi connectivity index (χ0n) is 11.5. The first-order valence-corrected chi connectivity index (χ1v) is 8.26. The molecule has 2 N–H and O–H groups in total. The summed E-state index contributed by atoms with van der Waals surface area (Å²) in [4.78, 5) is 0. The van der Waals surface area contributed by atoms with Crippen LogP contribution in [-0.2, 0) is 13.3 Å². The second kappa shape index (κ2) is 9.99. The molecule has 0 aromatic carbocycles. The minimum Gasteiger partial charge on any atom is -0.395 e. The minimum atomic E-state index is -2.68. The molecule has 5 nitrogen and oxygen atoms in total. The Morgan fingerprint density at radius 3 is 1.76 bits per heavy atom. The number of rotatable bonds is 11. The van der Waals surface area contributed by atoms with Crippen LogP contribution in [-0.4, -0.2) is 52.5 Å². The largest absolute Gasteiger partial charge is 0.518 e. The third kappa shape index (κ3) is 5.46. The molecule has 0 aromatic heterocycles. The van der Waals surface area contributed by atoms with Gasteiger partial charge < -0.3 is 23.7 Å². The van der Waals surface area contributed by atoms with Crippen molar-refractivity contribution in [3.8, 4) is 0 Å². The maximum absolute atomic E-state index is 8.90. The highest BCUT2D eigenvalue weighted by molar-refractivity contribution is 6.62. The Morgan fingerprint density at radius 1 is 1.00 bits per heavy atom. The van der Waals surface area contributed by atoms with Crippen LogP contribution in [0.5, 0.6) is 0 Å². The van der Waals surface area contributed by atoms with Gasteiger partial charge in [0.1, 0.15) is 0 Å². The van der Waals surface area contributed by atoms with Crippen LogP contribution in [0.25, 0.3) is 0 Å². The van der Waals surface area contributed by atoms with Gasteiger partial charge in [0, 0.05) is 26.4 Å². The maximum atomic E-state index is 8.90. The van der Waals surface area contributed by atoms with E-state index in [1.807, 2.05) is 20.8 Å². The molecule has 0 bridgehead atoms. The van der Waals surface area contributed by atoms with E-state index < -0.39 is 8.80 Å². The van der Waals surface area contributed by atoms with Crippen molar-refractivity contribution in [3.63, 3.8) is 0 Å². The van der Waals surface area contributed by atoms with E-state index >= 15 is 0 Å². The van der Waals surface area contributed by atoms with Gasteiger partial charge in [-0.2, -0.15) is 0 Å². The Kier molecular flexibility index (Phi) is 10.00. The Hall–Kier alpha value is 0.0169. The molecule has 1 atom stereocenters. The topological polar surface area (TPSA) is 60.0 Å². The molecule has 0 aliphatic carbocycles. The predicted octanol–water partition coefficient (Wildman–Crippen LogP) is 0.934. The molecule has 0 fully saturated rings. The van der Waals surface area contributed by atoms with Gasteiger partial charge in [-0.25, -0.2) is 0 Å². The lowest BCUT2D eigenvalue weighted by atomic mass is 10.4. The molecule has 17 heavy (non-hydrogen) atoms. The fourth-order valence-corrected chi connectivity index (χ4v) is 4.74. The van der Waals surface area contributed by atoms with Gasteiger partial charge in [0.25, 0.3) is 0 Å². The fourth-order valence-electron chi connectivity index (χ4n) is 1.79. The second-order valence-corrected chi connectivity index (χ2v) is 6.31. The minimum absolute atomic E-state index is 0.0366. The lowest BCUT2D eigenvalue weighted by Crippen LogP contribution is -2.62. The van der Waals surface area contributed by atoms with Crippen LogP contribution in [0.3, 0.4) is 0 Å². The molecule has 0 radical (unpaired) electrons. The van der Waals surface area contributed by atoms with Gasteiger partial charge in [-0.1, -0.05) is 6.92 Å². The predicted molar refractivity (Wildman–Crippen MR) is 69.8 cm³/mol. The van der Waals surface area contributed by atoms with Gasteiger partial charge in [0.05, 0.1) is 12.3 Å². The smallest absolute Gasteiger partial charge is 0.395 e. The van der Waals surface area contributed by atoms with E-state index in [0.29, 0.717) is 26.4 Å². The molecule has 6 heteroatoms. The fraction of sp³-hybridized carbons (Fsp3) is 1.00. The third-order valence-electron chi connectivity index (χ3n) is 2.37. The summed E-state index contributed by atoms with van der Waals surface area (Å²) in [6.07, 6.45) is 0.853. The first-order chi connectivity index (χ1) is 8.20. The van der Waals surface area contributed by atoms with Crippen molar-refractivity contribution in [2.75, 3.05) is 33.0 Å². The molecule has 0 saturated heterocycles. The molecule has 1 unspecified atom stereocenters. The quantitative estimate of drug-likeness (QED) is 0.544. The number of hydrogen-bond donors (Lipinski definition) is 2. The lowest BCUT2D eigenvalue weighted by molar-refractivity contribution is 0.0568. The third-order valence-corrected chi connectivity index (χ3v) is 5.91. The lowest BCUT2D eigenvalue weighted by Gasteiger charge is -2.35. The Balaban J connectivity index is 4.76. The van der Waals surface area contributed by atoms with Crippen LogP contribution in [0.4, 0.5) is 0 Å². The van der Waals surface area contributed by atoms with Crippen molar-refractivity contribution in [1.29, 1.82) is 0 Å². The van der Waals surface area contributed by atoms with Crippen molar-refractivity contribution >= 4 is 8.80 Å². The Bertz CT molecular complexity index is 166. The maximum Gasteiger partial charge on any atom is 0.518 e.